The summed E-state index contributed by atoms with van der Waals surface area (Å²) in [5.41, 5.74) is 1.08. The number of carbonyl (C=O) groups excluding carboxylic acids is 1. The van der Waals surface area contributed by atoms with E-state index >= 15 is 0 Å². The predicted molar refractivity (Wildman–Crippen MR) is 89.7 cm³/mol. The Balaban J connectivity index is 1.64. The highest BCUT2D eigenvalue weighted by atomic mass is 19.1. The predicted octanol–water partition coefficient (Wildman–Crippen LogP) is 4.19. The minimum absolute atomic E-state index is 0.187. The first-order valence-corrected chi connectivity index (χ1v) is 7.65. The molecule has 2 aromatic carbocycles. The first kappa shape index (κ1) is 16.6. The number of rotatable bonds is 5. The molecule has 1 aromatic heterocycles. The van der Waals surface area contributed by atoms with Crippen LogP contribution in [0.1, 0.15) is 24.5 Å². The number of hydrogen-bond acceptors (Lipinski definition) is 5. The lowest BCUT2D eigenvalue weighted by molar-refractivity contribution is -0.143. The second-order valence-electron chi connectivity index (χ2n) is 5.25. The van der Waals surface area contributed by atoms with Gasteiger partial charge in [0, 0.05) is 17.2 Å². The summed E-state index contributed by atoms with van der Waals surface area (Å²) in [5, 5.41) is 7.84. The molecule has 0 radical (unpaired) electrons. The van der Waals surface area contributed by atoms with E-state index in [9.17, 15) is 9.18 Å². The van der Waals surface area contributed by atoms with Crippen LogP contribution in [0, 0.1) is 5.82 Å². The topological polar surface area (TPSA) is 65.2 Å². The second kappa shape index (κ2) is 7.53. The molecule has 0 saturated carbocycles. The van der Waals surface area contributed by atoms with Gasteiger partial charge in [0.25, 0.3) is 5.89 Å². The Morgan fingerprint density at radius 3 is 2.60 bits per heavy atom. The van der Waals surface area contributed by atoms with Crippen molar-refractivity contribution in [2.75, 3.05) is 0 Å². The average molecular weight is 338 g/mol. The quantitative estimate of drug-likeness (QED) is 0.515. The van der Waals surface area contributed by atoms with Gasteiger partial charge in [-0.15, -0.1) is 10.2 Å². The molecule has 0 aliphatic carbocycles. The Morgan fingerprint density at radius 1 is 1.12 bits per heavy atom. The molecule has 126 valence electrons. The molecule has 3 aromatic rings. The van der Waals surface area contributed by atoms with Crippen LogP contribution in [0.3, 0.4) is 0 Å². The summed E-state index contributed by atoms with van der Waals surface area (Å²) < 4.78 is 24.2. The summed E-state index contributed by atoms with van der Waals surface area (Å²) in [6, 6.07) is 15.4. The van der Waals surface area contributed by atoms with E-state index in [1.165, 1.54) is 12.1 Å². The van der Waals surface area contributed by atoms with Crippen LogP contribution >= 0.6 is 0 Å². The molecule has 25 heavy (non-hydrogen) atoms. The maximum atomic E-state index is 13.5. The molecule has 3 rings (SSSR count). The van der Waals surface area contributed by atoms with E-state index < -0.39 is 17.9 Å². The fraction of sp³-hybridized carbons (Fsp3) is 0.105. The van der Waals surface area contributed by atoms with Crippen LogP contribution in [0.5, 0.6) is 0 Å². The van der Waals surface area contributed by atoms with Crippen molar-refractivity contribution in [3.05, 3.63) is 77.9 Å². The van der Waals surface area contributed by atoms with Crippen molar-refractivity contribution in [1.29, 1.82) is 0 Å². The van der Waals surface area contributed by atoms with Crippen molar-refractivity contribution in [3.63, 3.8) is 0 Å². The lowest BCUT2D eigenvalue weighted by Crippen LogP contribution is -2.06. The maximum absolute atomic E-state index is 13.5. The minimum atomic E-state index is -0.720. The first-order chi connectivity index (χ1) is 12.1. The van der Waals surface area contributed by atoms with Crippen molar-refractivity contribution in [1.82, 2.24) is 10.2 Å². The van der Waals surface area contributed by atoms with Crippen molar-refractivity contribution in [2.45, 2.75) is 13.0 Å². The van der Waals surface area contributed by atoms with Gasteiger partial charge in [-0.2, -0.15) is 0 Å². The summed E-state index contributed by atoms with van der Waals surface area (Å²) in [6.07, 6.45) is 1.79. The minimum Gasteiger partial charge on any atom is -0.449 e. The summed E-state index contributed by atoms with van der Waals surface area (Å²) in [6.45, 7) is 1.62. The van der Waals surface area contributed by atoms with Gasteiger partial charge in [0.2, 0.25) is 5.89 Å². The maximum Gasteiger partial charge on any atom is 0.331 e. The van der Waals surface area contributed by atoms with Crippen molar-refractivity contribution in [3.8, 4) is 11.5 Å². The zero-order chi connectivity index (χ0) is 17.6. The van der Waals surface area contributed by atoms with E-state index in [0.29, 0.717) is 11.5 Å². The molecule has 0 bridgehead atoms. The molecular weight excluding hydrogens is 323 g/mol. The molecule has 5 nitrogen and oxygen atoms in total. The van der Waals surface area contributed by atoms with Gasteiger partial charge in [0.15, 0.2) is 6.10 Å². The van der Waals surface area contributed by atoms with Gasteiger partial charge in [-0.3, -0.25) is 0 Å². The van der Waals surface area contributed by atoms with Gasteiger partial charge in [-0.25, -0.2) is 9.18 Å². The molecule has 0 spiro atoms. The van der Waals surface area contributed by atoms with E-state index in [1.807, 2.05) is 30.3 Å². The van der Waals surface area contributed by atoms with Gasteiger partial charge in [0.05, 0.1) is 0 Å². The zero-order valence-electron chi connectivity index (χ0n) is 13.4. The highest BCUT2D eigenvalue weighted by molar-refractivity contribution is 5.87. The SMILES string of the molecule is C[C@H](OC(=O)/C=C/c1ccccc1F)c1nnc(-c2ccccc2)o1. The largest absolute Gasteiger partial charge is 0.449 e. The van der Waals surface area contributed by atoms with Crippen molar-refractivity contribution >= 4 is 12.0 Å². The lowest BCUT2D eigenvalue weighted by atomic mass is 10.2. The number of esters is 1. The standard InChI is InChI=1S/C19H15FN2O3/c1-13(18-21-22-19(25-18)15-8-3-2-4-9-15)24-17(23)12-11-14-7-5-6-10-16(14)20/h2-13H,1H3/b12-11+/t13-/m0/s1. The summed E-state index contributed by atoms with van der Waals surface area (Å²) in [5.74, 6) is -0.508. The van der Waals surface area contributed by atoms with Crippen LogP contribution in [-0.4, -0.2) is 16.2 Å². The van der Waals surface area contributed by atoms with Crippen LogP contribution in [-0.2, 0) is 9.53 Å². The molecular formula is C19H15FN2O3. The fourth-order valence-electron chi connectivity index (χ4n) is 2.13. The van der Waals surface area contributed by atoms with Crippen LogP contribution in [0.25, 0.3) is 17.5 Å². The second-order valence-corrected chi connectivity index (χ2v) is 5.25. The molecule has 0 N–H and O–H groups in total. The molecule has 0 amide bonds. The average Bonchev–Trinajstić information content (AvgIpc) is 3.12. The van der Waals surface area contributed by atoms with E-state index in [1.54, 1.807) is 25.1 Å². The van der Waals surface area contributed by atoms with E-state index in [-0.39, 0.29) is 5.89 Å². The first-order valence-electron chi connectivity index (χ1n) is 7.65. The van der Waals surface area contributed by atoms with E-state index in [4.69, 9.17) is 9.15 Å². The number of nitrogens with zero attached hydrogens (tertiary/aromatic N) is 2. The monoisotopic (exact) mass is 338 g/mol. The normalized spacial score (nSPS) is 12.2. The van der Waals surface area contributed by atoms with Gasteiger partial charge >= 0.3 is 5.97 Å². The van der Waals surface area contributed by atoms with Gasteiger partial charge in [-0.1, -0.05) is 36.4 Å². The Kier molecular flexibility index (Phi) is 4.99. The summed E-state index contributed by atoms with van der Waals surface area (Å²) in [7, 11) is 0. The van der Waals surface area contributed by atoms with Crippen molar-refractivity contribution in [2.24, 2.45) is 0 Å². The highest BCUT2D eigenvalue weighted by Crippen LogP contribution is 2.22. The van der Waals surface area contributed by atoms with Crippen LogP contribution in [0.15, 0.2) is 65.1 Å². The fourth-order valence-corrected chi connectivity index (χ4v) is 2.13. The molecule has 0 aliphatic heterocycles. The smallest absolute Gasteiger partial charge is 0.331 e. The van der Waals surface area contributed by atoms with E-state index in [2.05, 4.69) is 10.2 Å². The third-order valence-electron chi connectivity index (χ3n) is 3.41. The molecule has 0 unspecified atom stereocenters. The summed E-state index contributed by atoms with van der Waals surface area (Å²) in [4.78, 5) is 11.9. The molecule has 6 heteroatoms. The van der Waals surface area contributed by atoms with Gasteiger partial charge < -0.3 is 9.15 Å². The highest BCUT2D eigenvalue weighted by Gasteiger charge is 2.18. The Bertz CT molecular complexity index is 890. The lowest BCUT2D eigenvalue weighted by Gasteiger charge is -2.06. The Morgan fingerprint density at radius 2 is 1.84 bits per heavy atom. The molecule has 1 heterocycles. The molecule has 0 aliphatic rings. The number of halogens is 1. The van der Waals surface area contributed by atoms with Crippen LogP contribution in [0.4, 0.5) is 4.39 Å². The Labute approximate surface area is 143 Å². The van der Waals surface area contributed by atoms with Crippen molar-refractivity contribution < 1.29 is 18.3 Å². The number of hydrogen-bond donors (Lipinski definition) is 0. The summed E-state index contributed by atoms with van der Waals surface area (Å²) >= 11 is 0. The third-order valence-corrected chi connectivity index (χ3v) is 3.41. The number of carbonyl (C=O) groups is 1. The number of benzene rings is 2. The molecule has 0 saturated heterocycles. The van der Waals surface area contributed by atoms with Crippen LogP contribution < -0.4 is 0 Å². The molecule has 1 atom stereocenters. The van der Waals surface area contributed by atoms with E-state index in [0.717, 1.165) is 11.6 Å². The molecule has 0 fully saturated rings. The zero-order valence-corrected chi connectivity index (χ0v) is 13.4. The van der Waals surface area contributed by atoms with Crippen LogP contribution in [0.2, 0.25) is 0 Å². The van der Waals surface area contributed by atoms with Gasteiger partial charge in [0.1, 0.15) is 5.82 Å². The Hall–Kier alpha value is -3.28. The van der Waals surface area contributed by atoms with Gasteiger partial charge in [-0.05, 0) is 31.2 Å². The number of aromatic nitrogens is 2. The third kappa shape index (κ3) is 4.17. The number of ether oxygens (including phenoxy) is 1.